The summed E-state index contributed by atoms with van der Waals surface area (Å²) < 4.78 is 0. The van der Waals surface area contributed by atoms with E-state index in [1.54, 1.807) is 11.8 Å². The maximum absolute atomic E-state index is 11.7. The van der Waals surface area contributed by atoms with E-state index in [9.17, 15) is 9.59 Å². The Kier molecular flexibility index (Phi) is 7.90. The van der Waals surface area contributed by atoms with E-state index in [0.29, 0.717) is 11.8 Å². The van der Waals surface area contributed by atoms with Crippen LogP contribution in [0, 0.1) is 5.41 Å². The first-order chi connectivity index (χ1) is 8.66. The van der Waals surface area contributed by atoms with Gasteiger partial charge in [-0.1, -0.05) is 27.7 Å². The highest BCUT2D eigenvalue weighted by Gasteiger charge is 2.28. The quantitative estimate of drug-likeness (QED) is 0.672. The van der Waals surface area contributed by atoms with Gasteiger partial charge in [0.25, 0.3) is 0 Å². The molecule has 2 atom stereocenters. The zero-order valence-electron chi connectivity index (χ0n) is 12.4. The van der Waals surface area contributed by atoms with E-state index < -0.39 is 5.97 Å². The zero-order chi connectivity index (χ0) is 15.1. The summed E-state index contributed by atoms with van der Waals surface area (Å²) in [5.41, 5.74) is -0.289. The average Bonchev–Trinajstić information content (AvgIpc) is 2.26. The van der Waals surface area contributed by atoms with Crippen LogP contribution in [0.5, 0.6) is 0 Å². The van der Waals surface area contributed by atoms with Gasteiger partial charge >= 0.3 is 12.0 Å². The van der Waals surface area contributed by atoms with Crippen molar-refractivity contribution >= 4 is 23.8 Å². The molecule has 0 aliphatic rings. The minimum absolute atomic E-state index is 0.0713. The molecule has 0 spiro atoms. The number of carboxylic acids is 1. The molecule has 0 aromatic rings. The Balaban J connectivity index is 4.21. The SMILES string of the molecule is CSC(C)CCNC(=O)NC(CC(=O)O)C(C)(C)C. The third-order valence-corrected chi connectivity index (χ3v) is 4.01. The largest absolute Gasteiger partial charge is 0.481 e. The summed E-state index contributed by atoms with van der Waals surface area (Å²) in [7, 11) is 0. The van der Waals surface area contributed by atoms with Crippen molar-refractivity contribution in [3.8, 4) is 0 Å². The van der Waals surface area contributed by atoms with Crippen molar-refractivity contribution in [2.75, 3.05) is 12.8 Å². The Morgan fingerprint density at radius 1 is 1.32 bits per heavy atom. The van der Waals surface area contributed by atoms with Crippen molar-refractivity contribution in [3.05, 3.63) is 0 Å². The molecule has 5 nitrogen and oxygen atoms in total. The zero-order valence-corrected chi connectivity index (χ0v) is 13.3. The molecule has 19 heavy (non-hydrogen) atoms. The molecule has 0 bridgehead atoms. The number of thioether (sulfide) groups is 1. The van der Waals surface area contributed by atoms with E-state index in [4.69, 9.17) is 5.11 Å². The lowest BCUT2D eigenvalue weighted by Crippen LogP contribution is -2.49. The average molecular weight is 290 g/mol. The van der Waals surface area contributed by atoms with Gasteiger partial charge in [0.05, 0.1) is 6.42 Å². The topological polar surface area (TPSA) is 78.4 Å². The Morgan fingerprint density at radius 2 is 1.89 bits per heavy atom. The minimum atomic E-state index is -0.906. The van der Waals surface area contributed by atoms with E-state index >= 15 is 0 Å². The fraction of sp³-hybridized carbons (Fsp3) is 0.846. The normalized spacial score (nSPS) is 14.6. The number of hydrogen-bond donors (Lipinski definition) is 3. The lowest BCUT2D eigenvalue weighted by molar-refractivity contribution is -0.138. The van der Waals surface area contributed by atoms with Crippen LogP contribution in [0.2, 0.25) is 0 Å². The molecule has 0 aliphatic heterocycles. The third-order valence-electron chi connectivity index (χ3n) is 2.97. The number of rotatable bonds is 7. The van der Waals surface area contributed by atoms with Gasteiger partial charge in [-0.05, 0) is 18.1 Å². The molecule has 0 saturated carbocycles. The molecule has 0 radical (unpaired) electrons. The molecule has 2 amide bonds. The van der Waals surface area contributed by atoms with E-state index in [1.807, 2.05) is 27.0 Å². The molecule has 0 aromatic heterocycles. The van der Waals surface area contributed by atoms with Crippen molar-refractivity contribution in [2.24, 2.45) is 5.41 Å². The van der Waals surface area contributed by atoms with Crippen LogP contribution in [0.25, 0.3) is 0 Å². The van der Waals surface area contributed by atoms with Gasteiger partial charge in [0.2, 0.25) is 0 Å². The van der Waals surface area contributed by atoms with Crippen molar-refractivity contribution in [1.29, 1.82) is 0 Å². The van der Waals surface area contributed by atoms with Crippen LogP contribution in [0.1, 0.15) is 40.5 Å². The number of aliphatic carboxylic acids is 1. The van der Waals surface area contributed by atoms with Crippen molar-refractivity contribution in [2.45, 2.75) is 51.8 Å². The van der Waals surface area contributed by atoms with Gasteiger partial charge in [-0.3, -0.25) is 4.79 Å². The molecule has 112 valence electrons. The molecule has 6 heteroatoms. The summed E-state index contributed by atoms with van der Waals surface area (Å²) in [6.07, 6.45) is 2.86. The van der Waals surface area contributed by atoms with Crippen LogP contribution >= 0.6 is 11.8 Å². The Hall–Kier alpha value is -0.910. The molecule has 2 unspecified atom stereocenters. The number of carbonyl (C=O) groups is 2. The predicted octanol–water partition coefficient (Wildman–Crippen LogP) is 2.32. The lowest BCUT2D eigenvalue weighted by atomic mass is 9.85. The third kappa shape index (κ3) is 8.75. The fourth-order valence-corrected chi connectivity index (χ4v) is 1.82. The van der Waals surface area contributed by atoms with Gasteiger partial charge in [-0.15, -0.1) is 0 Å². The van der Waals surface area contributed by atoms with Gasteiger partial charge < -0.3 is 15.7 Å². The molecule has 3 N–H and O–H groups in total. The van der Waals surface area contributed by atoms with Crippen LogP contribution in [-0.2, 0) is 4.79 Å². The number of hydrogen-bond acceptors (Lipinski definition) is 3. The molecular formula is C13H26N2O3S. The number of urea groups is 1. The summed E-state index contributed by atoms with van der Waals surface area (Å²) in [4.78, 5) is 22.5. The van der Waals surface area contributed by atoms with E-state index in [-0.39, 0.29) is 23.9 Å². The van der Waals surface area contributed by atoms with Gasteiger partial charge in [-0.25, -0.2) is 4.79 Å². The Morgan fingerprint density at radius 3 is 2.32 bits per heavy atom. The first-order valence-electron chi connectivity index (χ1n) is 6.45. The number of carbonyl (C=O) groups excluding carboxylic acids is 1. The Bertz CT molecular complexity index is 303. The van der Waals surface area contributed by atoms with Gasteiger partial charge in [0, 0.05) is 17.8 Å². The summed E-state index contributed by atoms with van der Waals surface area (Å²) in [6, 6.07) is -0.683. The Labute approximate surface area is 119 Å². The minimum Gasteiger partial charge on any atom is -0.481 e. The summed E-state index contributed by atoms with van der Waals surface area (Å²) >= 11 is 1.75. The van der Waals surface area contributed by atoms with Crippen LogP contribution in [0.15, 0.2) is 0 Å². The van der Waals surface area contributed by atoms with Crippen molar-refractivity contribution in [1.82, 2.24) is 10.6 Å². The molecule has 0 heterocycles. The van der Waals surface area contributed by atoms with E-state index in [0.717, 1.165) is 6.42 Å². The van der Waals surface area contributed by atoms with Gasteiger partial charge in [0.1, 0.15) is 0 Å². The molecular weight excluding hydrogens is 264 g/mol. The lowest BCUT2D eigenvalue weighted by Gasteiger charge is -2.30. The van der Waals surface area contributed by atoms with E-state index in [2.05, 4.69) is 17.6 Å². The summed E-state index contributed by atoms with van der Waals surface area (Å²) in [5, 5.41) is 14.9. The molecule has 0 saturated heterocycles. The molecule has 0 aliphatic carbocycles. The maximum atomic E-state index is 11.7. The van der Waals surface area contributed by atoms with Crippen LogP contribution in [-0.4, -0.2) is 41.2 Å². The number of carboxylic acid groups (broad SMARTS) is 1. The van der Waals surface area contributed by atoms with Crippen LogP contribution < -0.4 is 10.6 Å². The number of amides is 2. The van der Waals surface area contributed by atoms with Crippen molar-refractivity contribution in [3.63, 3.8) is 0 Å². The predicted molar refractivity (Wildman–Crippen MR) is 79.6 cm³/mol. The second kappa shape index (κ2) is 8.30. The highest BCUT2D eigenvalue weighted by atomic mass is 32.2. The van der Waals surface area contributed by atoms with Crippen molar-refractivity contribution < 1.29 is 14.7 Å². The maximum Gasteiger partial charge on any atom is 0.315 e. The van der Waals surface area contributed by atoms with Crippen LogP contribution in [0.3, 0.4) is 0 Å². The molecule has 0 rings (SSSR count). The van der Waals surface area contributed by atoms with Crippen LogP contribution in [0.4, 0.5) is 4.79 Å². The smallest absolute Gasteiger partial charge is 0.315 e. The second-order valence-electron chi connectivity index (χ2n) is 5.75. The number of nitrogens with one attached hydrogen (secondary N) is 2. The molecule has 0 aromatic carbocycles. The van der Waals surface area contributed by atoms with E-state index in [1.165, 1.54) is 0 Å². The molecule has 0 fully saturated rings. The summed E-state index contributed by atoms with van der Waals surface area (Å²) in [5.74, 6) is -0.906. The highest BCUT2D eigenvalue weighted by molar-refractivity contribution is 7.99. The highest BCUT2D eigenvalue weighted by Crippen LogP contribution is 2.21. The summed E-state index contributed by atoms with van der Waals surface area (Å²) in [6.45, 7) is 8.44. The second-order valence-corrected chi connectivity index (χ2v) is 7.03. The first-order valence-corrected chi connectivity index (χ1v) is 7.74. The van der Waals surface area contributed by atoms with Gasteiger partial charge in [0.15, 0.2) is 0 Å². The monoisotopic (exact) mass is 290 g/mol. The first kappa shape index (κ1) is 18.1. The van der Waals surface area contributed by atoms with Gasteiger partial charge in [-0.2, -0.15) is 11.8 Å². The fourth-order valence-electron chi connectivity index (χ4n) is 1.46. The standard InChI is InChI=1S/C13H26N2O3S/c1-9(19-5)6-7-14-12(18)15-10(8-11(16)17)13(2,3)4/h9-10H,6-8H2,1-5H3,(H,16,17)(H2,14,15,18).